The SMILES string of the molecule is c1ccc(-c2ccc(-c3ccccc3)c(-c3ccccc3)[c]2[Al][c]2c(-c3ccccc3)ccc(-c3ccccc3)c2-c2ccccc2)cc1. The molecule has 8 aromatic rings. The van der Waals surface area contributed by atoms with Crippen LogP contribution in [-0.4, -0.2) is 15.2 Å². The molecule has 0 aromatic heterocycles. The molecule has 0 aliphatic heterocycles. The van der Waals surface area contributed by atoms with Gasteiger partial charge in [0.05, 0.1) is 0 Å². The summed E-state index contributed by atoms with van der Waals surface area (Å²) in [7, 11) is 0. The van der Waals surface area contributed by atoms with Gasteiger partial charge in [0, 0.05) is 0 Å². The third-order valence-corrected chi connectivity index (χ3v) is 11.0. The number of hydrogen-bond donors (Lipinski definition) is 0. The van der Waals surface area contributed by atoms with Gasteiger partial charge < -0.3 is 0 Å². The number of hydrogen-bond acceptors (Lipinski definition) is 0. The van der Waals surface area contributed by atoms with Gasteiger partial charge in [-0.2, -0.15) is 0 Å². The lowest BCUT2D eigenvalue weighted by Gasteiger charge is -2.24. The Hall–Kier alpha value is -5.71. The molecular weight excluding hydrogens is 604 g/mol. The van der Waals surface area contributed by atoms with Gasteiger partial charge in [-0.25, -0.2) is 0 Å². The van der Waals surface area contributed by atoms with Gasteiger partial charge in [0.25, 0.3) is 0 Å². The molecule has 0 atom stereocenters. The molecule has 1 radical (unpaired) electrons. The fourth-order valence-corrected chi connectivity index (χ4v) is 9.03. The van der Waals surface area contributed by atoms with Gasteiger partial charge in [-0.05, 0) is 66.8 Å². The summed E-state index contributed by atoms with van der Waals surface area (Å²) in [5.74, 6) is 0. The van der Waals surface area contributed by atoms with E-state index < -0.39 is 15.2 Å². The first-order chi connectivity index (χ1) is 24.3. The first kappa shape index (κ1) is 30.6. The molecule has 1 heteroatoms. The van der Waals surface area contributed by atoms with Gasteiger partial charge in [0.1, 0.15) is 0 Å². The second-order valence-electron chi connectivity index (χ2n) is 12.2. The van der Waals surface area contributed by atoms with Crippen LogP contribution in [0.4, 0.5) is 0 Å². The van der Waals surface area contributed by atoms with Crippen molar-refractivity contribution in [3.05, 3.63) is 206 Å². The fraction of sp³-hybridized carbons (Fsp3) is 0. The molecule has 0 amide bonds. The zero-order valence-electron chi connectivity index (χ0n) is 27.2. The van der Waals surface area contributed by atoms with E-state index in [1.165, 1.54) is 75.6 Å². The molecular formula is C48H34Al. The minimum Gasteiger partial charge on any atom is -0.101 e. The van der Waals surface area contributed by atoms with Gasteiger partial charge in [0.2, 0.25) is 0 Å². The first-order valence-corrected chi connectivity index (χ1v) is 18.0. The Kier molecular flexibility index (Phi) is 8.86. The Morgan fingerprint density at radius 3 is 0.714 bits per heavy atom. The van der Waals surface area contributed by atoms with E-state index in [0.717, 1.165) is 0 Å². The maximum atomic E-state index is 2.36. The van der Waals surface area contributed by atoms with Crippen LogP contribution in [-0.2, 0) is 0 Å². The molecule has 0 unspecified atom stereocenters. The Labute approximate surface area is 295 Å². The number of benzene rings is 8. The van der Waals surface area contributed by atoms with Crippen LogP contribution in [0.1, 0.15) is 0 Å². The lowest BCUT2D eigenvalue weighted by atomic mass is 9.90. The van der Waals surface area contributed by atoms with Crippen LogP contribution < -0.4 is 8.85 Å². The predicted molar refractivity (Wildman–Crippen MR) is 211 cm³/mol. The standard InChI is InChI=1S/2C24H17.Al/c2*1-4-10-19(11-5-1)22-16-17-23(20-12-6-2-7-13-20)24(18-22)21-14-8-3-9-15-21;/h2*1-17H;. The molecule has 0 bridgehead atoms. The molecule has 0 aliphatic rings. The van der Waals surface area contributed by atoms with Crippen LogP contribution in [0, 0.1) is 0 Å². The second-order valence-corrected chi connectivity index (χ2v) is 13.7. The normalized spacial score (nSPS) is 10.9. The summed E-state index contributed by atoms with van der Waals surface area (Å²) >= 11 is -0.410. The minimum atomic E-state index is -0.410. The number of rotatable bonds is 8. The van der Waals surface area contributed by atoms with E-state index in [1.807, 2.05) is 0 Å². The quantitative estimate of drug-likeness (QED) is 0.145. The highest BCUT2D eigenvalue weighted by Gasteiger charge is 2.24. The molecule has 0 spiro atoms. The van der Waals surface area contributed by atoms with Gasteiger partial charge >= 0.3 is 15.2 Å². The summed E-state index contributed by atoms with van der Waals surface area (Å²) < 4.78 is 2.80. The van der Waals surface area contributed by atoms with Crippen molar-refractivity contribution in [3.63, 3.8) is 0 Å². The van der Waals surface area contributed by atoms with E-state index >= 15 is 0 Å². The van der Waals surface area contributed by atoms with Crippen molar-refractivity contribution in [1.29, 1.82) is 0 Å². The maximum Gasteiger partial charge on any atom is 0.302 e. The topological polar surface area (TPSA) is 0 Å². The zero-order chi connectivity index (χ0) is 32.8. The fourth-order valence-electron chi connectivity index (χ4n) is 6.97. The van der Waals surface area contributed by atoms with Gasteiger partial charge in [0.15, 0.2) is 0 Å². The molecule has 0 heterocycles. The van der Waals surface area contributed by atoms with Crippen molar-refractivity contribution in [2.45, 2.75) is 0 Å². The smallest absolute Gasteiger partial charge is 0.101 e. The third-order valence-electron chi connectivity index (χ3n) is 9.24. The van der Waals surface area contributed by atoms with Crippen molar-refractivity contribution in [2.75, 3.05) is 0 Å². The molecule has 0 saturated heterocycles. The first-order valence-electron chi connectivity index (χ1n) is 16.9. The van der Waals surface area contributed by atoms with E-state index in [2.05, 4.69) is 206 Å². The molecule has 0 nitrogen and oxygen atoms in total. The highest BCUT2D eigenvalue weighted by atomic mass is 27.1. The van der Waals surface area contributed by atoms with Crippen molar-refractivity contribution in [3.8, 4) is 66.8 Å². The molecule has 8 rings (SSSR count). The Balaban J connectivity index is 1.50. The summed E-state index contributed by atoms with van der Waals surface area (Å²) in [6.45, 7) is 0. The molecule has 229 valence electrons. The molecule has 0 N–H and O–H groups in total. The van der Waals surface area contributed by atoms with Gasteiger partial charge in [-0.3, -0.25) is 0 Å². The van der Waals surface area contributed by atoms with Crippen LogP contribution >= 0.6 is 0 Å². The summed E-state index contributed by atoms with van der Waals surface area (Å²) in [6.07, 6.45) is 0. The summed E-state index contributed by atoms with van der Waals surface area (Å²) in [6, 6.07) is 75.0. The van der Waals surface area contributed by atoms with E-state index in [9.17, 15) is 0 Å². The van der Waals surface area contributed by atoms with E-state index in [1.54, 1.807) is 0 Å². The zero-order valence-corrected chi connectivity index (χ0v) is 28.4. The molecule has 0 fully saturated rings. The summed E-state index contributed by atoms with van der Waals surface area (Å²) in [4.78, 5) is 0. The Morgan fingerprint density at radius 2 is 0.429 bits per heavy atom. The van der Waals surface area contributed by atoms with Gasteiger partial charge in [-0.1, -0.05) is 206 Å². The summed E-state index contributed by atoms with van der Waals surface area (Å²) in [5, 5.41) is 0. The van der Waals surface area contributed by atoms with Crippen LogP contribution in [0.5, 0.6) is 0 Å². The second kappa shape index (κ2) is 14.2. The van der Waals surface area contributed by atoms with E-state index in [-0.39, 0.29) is 0 Å². The Bertz CT molecular complexity index is 2130. The highest BCUT2D eigenvalue weighted by molar-refractivity contribution is 6.73. The average molecular weight is 638 g/mol. The van der Waals surface area contributed by atoms with Gasteiger partial charge in [-0.15, -0.1) is 8.85 Å². The van der Waals surface area contributed by atoms with Crippen molar-refractivity contribution >= 4 is 24.1 Å². The lowest BCUT2D eigenvalue weighted by molar-refractivity contribution is 1.57. The molecule has 0 saturated carbocycles. The molecule has 49 heavy (non-hydrogen) atoms. The Morgan fingerprint density at radius 1 is 0.204 bits per heavy atom. The predicted octanol–water partition coefficient (Wildman–Crippen LogP) is 11.3. The van der Waals surface area contributed by atoms with Crippen molar-refractivity contribution in [1.82, 2.24) is 0 Å². The third kappa shape index (κ3) is 6.31. The molecule has 0 aliphatic carbocycles. The lowest BCUT2D eigenvalue weighted by Crippen LogP contribution is -2.34. The maximum absolute atomic E-state index is 2.36. The van der Waals surface area contributed by atoms with Crippen molar-refractivity contribution in [2.24, 2.45) is 0 Å². The van der Waals surface area contributed by atoms with Crippen LogP contribution in [0.3, 0.4) is 0 Å². The molecule has 8 aromatic carbocycles. The largest absolute Gasteiger partial charge is 0.302 e. The van der Waals surface area contributed by atoms with Crippen LogP contribution in [0.2, 0.25) is 0 Å². The van der Waals surface area contributed by atoms with E-state index in [4.69, 9.17) is 0 Å². The van der Waals surface area contributed by atoms with Crippen LogP contribution in [0.25, 0.3) is 66.8 Å². The average Bonchev–Trinajstić information content (AvgIpc) is 3.19. The van der Waals surface area contributed by atoms with Crippen molar-refractivity contribution < 1.29 is 0 Å². The minimum absolute atomic E-state index is 0.410. The van der Waals surface area contributed by atoms with Crippen LogP contribution in [0.15, 0.2) is 206 Å². The summed E-state index contributed by atoms with van der Waals surface area (Å²) in [5.41, 5.74) is 15.1. The highest BCUT2D eigenvalue weighted by Crippen LogP contribution is 2.37. The monoisotopic (exact) mass is 637 g/mol. The van der Waals surface area contributed by atoms with E-state index in [0.29, 0.717) is 0 Å².